The van der Waals surface area contributed by atoms with Gasteiger partial charge in [-0.05, 0) is 0 Å². The number of amides is 1. The zero-order valence-corrected chi connectivity index (χ0v) is 21.4. The van der Waals surface area contributed by atoms with Crippen molar-refractivity contribution in [3.8, 4) is 0 Å². The summed E-state index contributed by atoms with van der Waals surface area (Å²) in [4.78, 5) is 35.8. The molecule has 0 aromatic carbocycles. The third-order valence-corrected chi connectivity index (χ3v) is 3.41. The molecule has 0 radical (unpaired) electrons. The van der Waals surface area contributed by atoms with E-state index in [1.807, 2.05) is 0 Å². The number of aromatic nitrogens is 4. The van der Waals surface area contributed by atoms with Crippen molar-refractivity contribution in [2.24, 2.45) is 0 Å². The zero-order chi connectivity index (χ0) is 19.1. The van der Waals surface area contributed by atoms with Crippen molar-refractivity contribution < 1.29 is 14.5 Å². The molecule has 2 aromatic heterocycles. The number of anilines is 1. The summed E-state index contributed by atoms with van der Waals surface area (Å²) in [5, 5.41) is 2.82. The first-order chi connectivity index (χ1) is 12.4. The molecular formula is C12H17I3N7O3V. The molecular weight excluding hydrogens is 722 g/mol. The van der Waals surface area contributed by atoms with Gasteiger partial charge in [0.15, 0.2) is 11.2 Å². The van der Waals surface area contributed by atoms with Gasteiger partial charge in [0.1, 0.15) is 6.54 Å². The van der Waals surface area contributed by atoms with Gasteiger partial charge in [0.2, 0.25) is 11.9 Å². The van der Waals surface area contributed by atoms with Gasteiger partial charge < -0.3 is 20.4 Å². The van der Waals surface area contributed by atoms with E-state index < -0.39 is 5.56 Å². The molecule has 1 amide bonds. The Kier molecular flexibility index (Phi) is 9.87. The van der Waals surface area contributed by atoms with E-state index in [4.69, 9.17) is 10.5 Å². The number of nitrogens with one attached hydrogen (secondary N) is 2. The Morgan fingerprint density at radius 2 is 2.04 bits per heavy atom. The van der Waals surface area contributed by atoms with E-state index in [2.05, 4.69) is 85.1 Å². The second-order valence-corrected chi connectivity index (χ2v) is 40.5. The van der Waals surface area contributed by atoms with E-state index in [0.717, 1.165) is 13.1 Å². The number of rotatable bonds is 4. The van der Waals surface area contributed by atoms with Gasteiger partial charge in [-0.3, -0.25) is 19.5 Å². The van der Waals surface area contributed by atoms with Gasteiger partial charge in [0.05, 0.1) is 26.2 Å². The summed E-state index contributed by atoms with van der Waals surface area (Å²) in [5.41, 5.74) is 5.55. The maximum atomic E-state index is 12.0. The summed E-state index contributed by atoms with van der Waals surface area (Å²) >= 11 is 7.39. The number of carbonyl (C=O) groups is 1. The van der Waals surface area contributed by atoms with Crippen molar-refractivity contribution in [3.63, 3.8) is 0 Å². The van der Waals surface area contributed by atoms with Crippen molar-refractivity contribution in [2.45, 2.75) is 6.54 Å². The number of hydrogen-bond donors (Lipinski definition) is 3. The van der Waals surface area contributed by atoms with Gasteiger partial charge in [-0.15, -0.1) is 0 Å². The summed E-state index contributed by atoms with van der Waals surface area (Å²) in [6.07, 6.45) is 1.40. The molecule has 10 nitrogen and oxygen atoms in total. The number of morpholine rings is 1. The van der Waals surface area contributed by atoms with E-state index in [0.29, 0.717) is 25.5 Å². The van der Waals surface area contributed by atoms with E-state index >= 15 is 0 Å². The van der Waals surface area contributed by atoms with Crippen LogP contribution >= 0.6 is 59.9 Å². The SMILES string of the molecule is Nc1nc2c(ncn2CC(=O)NCN2CCOCC2)c(=O)[nH]1.[I][V]([I])[I]. The molecule has 0 saturated carbocycles. The first-order valence-corrected chi connectivity index (χ1v) is 20.9. The summed E-state index contributed by atoms with van der Waals surface area (Å²) in [6.45, 7) is 3.42. The fourth-order valence-electron chi connectivity index (χ4n) is 2.26. The number of nitrogen functional groups attached to an aromatic ring is 1. The third-order valence-electron chi connectivity index (χ3n) is 3.41. The molecule has 1 aliphatic heterocycles. The average molecular weight is 739 g/mol. The first-order valence-electron chi connectivity index (χ1n) is 7.41. The van der Waals surface area contributed by atoms with E-state index in [1.165, 1.54) is 10.9 Å². The molecule has 2 aromatic rings. The Labute approximate surface area is 187 Å². The van der Waals surface area contributed by atoms with Crippen LogP contribution in [0.4, 0.5) is 5.95 Å². The van der Waals surface area contributed by atoms with Crippen LogP contribution in [0.3, 0.4) is 0 Å². The molecule has 26 heavy (non-hydrogen) atoms. The first kappa shape index (κ1) is 22.6. The number of imidazole rings is 1. The van der Waals surface area contributed by atoms with Crippen LogP contribution < -0.4 is 16.6 Å². The molecule has 4 N–H and O–H groups in total. The van der Waals surface area contributed by atoms with Gasteiger partial charge in [0, 0.05) is 13.1 Å². The maximum absolute atomic E-state index is 12.0. The molecule has 14 heteroatoms. The second kappa shape index (κ2) is 11.3. The van der Waals surface area contributed by atoms with Crippen LogP contribution in [0.1, 0.15) is 0 Å². The van der Waals surface area contributed by atoms with E-state index in [-0.39, 0.29) is 28.8 Å². The Bertz CT molecular complexity index is 791. The van der Waals surface area contributed by atoms with Crippen molar-refractivity contribution in [3.05, 3.63) is 16.7 Å². The summed E-state index contributed by atoms with van der Waals surface area (Å²) in [5.74, 6) is -0.195. The molecule has 0 aliphatic carbocycles. The number of halogens is 3. The number of H-pyrrole nitrogens is 1. The minimum atomic E-state index is -0.421. The Morgan fingerprint density at radius 1 is 1.38 bits per heavy atom. The van der Waals surface area contributed by atoms with Gasteiger partial charge in [-0.1, -0.05) is 0 Å². The normalized spacial score (nSPS) is 14.9. The molecule has 144 valence electrons. The fraction of sp³-hybridized carbons (Fsp3) is 0.500. The van der Waals surface area contributed by atoms with E-state index in [1.54, 1.807) is 0 Å². The molecule has 0 unspecified atom stereocenters. The number of nitrogens with zero attached hydrogens (tertiary/aromatic N) is 4. The standard InChI is InChI=1S/C12H17N7O3.3HI.V/c13-12-16-10-9(11(21)17-12)15-7-19(10)5-8(20)14-6-18-1-3-22-4-2-18;;;;/h7H,1-6H2,(H,14,20)(H3,13,16,17,21);3*1H;/q;;;;+3/p-3. The topological polar surface area (TPSA) is 131 Å². The summed E-state index contributed by atoms with van der Waals surface area (Å²) in [7, 11) is 0. The molecule has 0 bridgehead atoms. The number of aromatic amines is 1. The van der Waals surface area contributed by atoms with Crippen molar-refractivity contribution in [1.82, 2.24) is 29.7 Å². The number of fused-ring (bicyclic) bond motifs is 1. The van der Waals surface area contributed by atoms with Crippen LogP contribution in [0, 0.1) is 0 Å². The number of nitrogens with two attached hydrogens (primary N) is 1. The van der Waals surface area contributed by atoms with Crippen LogP contribution in [0.15, 0.2) is 11.1 Å². The summed E-state index contributed by atoms with van der Waals surface area (Å²) < 4.78 is 6.74. The van der Waals surface area contributed by atoms with Crippen LogP contribution in [0.25, 0.3) is 11.2 Å². The van der Waals surface area contributed by atoms with Crippen LogP contribution in [0.2, 0.25) is 0 Å². The Balaban J connectivity index is 0.000000552. The third kappa shape index (κ3) is 7.38. The fourth-order valence-corrected chi connectivity index (χ4v) is 2.26. The van der Waals surface area contributed by atoms with Crippen molar-refractivity contribution >= 4 is 83.0 Å². The van der Waals surface area contributed by atoms with Crippen molar-refractivity contribution in [2.75, 3.05) is 38.7 Å². The predicted molar refractivity (Wildman–Crippen MR) is 120 cm³/mol. The predicted octanol–water partition coefficient (Wildman–Crippen LogP) is 0.762. The molecule has 0 spiro atoms. The molecule has 0 atom stereocenters. The quantitative estimate of drug-likeness (QED) is 0.396. The number of ether oxygens (including phenoxy) is 1. The van der Waals surface area contributed by atoms with E-state index in [9.17, 15) is 9.59 Å². The molecule has 1 fully saturated rings. The minimum absolute atomic E-state index is 0.00650. The molecule has 1 saturated heterocycles. The number of hydrogen-bond acceptors (Lipinski definition) is 7. The second-order valence-electron chi connectivity index (χ2n) is 5.18. The zero-order valence-electron chi connectivity index (χ0n) is 13.5. The van der Waals surface area contributed by atoms with Crippen LogP contribution in [-0.4, -0.2) is 63.3 Å². The monoisotopic (exact) mass is 739 g/mol. The van der Waals surface area contributed by atoms with Crippen LogP contribution in [-0.2, 0) is 21.0 Å². The Hall–Kier alpha value is 0.314. The molecule has 3 rings (SSSR count). The Morgan fingerprint density at radius 3 is 2.69 bits per heavy atom. The van der Waals surface area contributed by atoms with Gasteiger partial charge in [-0.25, -0.2) is 4.98 Å². The van der Waals surface area contributed by atoms with Gasteiger partial charge in [-0.2, -0.15) is 4.98 Å². The van der Waals surface area contributed by atoms with Gasteiger partial charge >= 0.3 is 64.9 Å². The average Bonchev–Trinajstić information content (AvgIpc) is 2.96. The van der Waals surface area contributed by atoms with Crippen LogP contribution in [0.5, 0.6) is 0 Å². The van der Waals surface area contributed by atoms with Gasteiger partial charge in [0.25, 0.3) is 5.56 Å². The summed E-state index contributed by atoms with van der Waals surface area (Å²) in [6, 6.07) is 0. The molecule has 1 aliphatic rings. The molecule has 3 heterocycles. The number of carbonyl (C=O) groups excluding carboxylic acids is 1. The van der Waals surface area contributed by atoms with Crippen molar-refractivity contribution in [1.29, 1.82) is 0 Å².